The minimum absolute atomic E-state index is 0.203. The number of carbonyl (C=O) groups excluding carboxylic acids is 1. The minimum atomic E-state index is 0.203. The average molecular weight is 271 g/mol. The predicted molar refractivity (Wildman–Crippen MR) is 79.7 cm³/mol. The van der Waals surface area contributed by atoms with Gasteiger partial charge in [0.1, 0.15) is 0 Å². The van der Waals surface area contributed by atoms with Crippen molar-refractivity contribution in [3.63, 3.8) is 0 Å². The van der Waals surface area contributed by atoms with E-state index in [-0.39, 0.29) is 5.92 Å². The van der Waals surface area contributed by atoms with Crippen LogP contribution in [0.3, 0.4) is 0 Å². The number of nitrogens with one attached hydrogen (secondary N) is 1. The maximum atomic E-state index is 12.4. The Labute approximate surface area is 117 Å². The summed E-state index contributed by atoms with van der Waals surface area (Å²) in [5, 5.41) is 5.37. The van der Waals surface area contributed by atoms with Crippen molar-refractivity contribution >= 4 is 17.1 Å². The summed E-state index contributed by atoms with van der Waals surface area (Å²) in [6.45, 7) is 1.92. The number of rotatable bonds is 3. The Balaban J connectivity index is 1.76. The van der Waals surface area contributed by atoms with E-state index in [9.17, 15) is 4.79 Å². The molecule has 2 nitrogen and oxygen atoms in total. The predicted octanol–water partition coefficient (Wildman–Crippen LogP) is 3.60. The Bertz CT molecular complexity index is 539. The normalized spacial score (nSPS) is 16.4. The first kappa shape index (κ1) is 12.6. The number of piperidine rings is 1. The third-order valence-electron chi connectivity index (χ3n) is 3.69. The lowest BCUT2D eigenvalue weighted by Crippen LogP contribution is -2.31. The molecule has 0 bridgehead atoms. The van der Waals surface area contributed by atoms with Crippen LogP contribution in [0.25, 0.3) is 10.4 Å². The van der Waals surface area contributed by atoms with E-state index in [0.29, 0.717) is 5.78 Å². The summed E-state index contributed by atoms with van der Waals surface area (Å²) in [6.07, 6.45) is 1.93. The first-order valence-electron chi connectivity index (χ1n) is 6.73. The van der Waals surface area contributed by atoms with E-state index < -0.39 is 0 Å². The summed E-state index contributed by atoms with van der Waals surface area (Å²) in [5.74, 6) is 0.507. The van der Waals surface area contributed by atoms with Crippen molar-refractivity contribution < 1.29 is 4.79 Å². The molecule has 2 heterocycles. The third kappa shape index (κ3) is 2.77. The van der Waals surface area contributed by atoms with Gasteiger partial charge in [-0.1, -0.05) is 30.3 Å². The van der Waals surface area contributed by atoms with Gasteiger partial charge in [0.25, 0.3) is 0 Å². The van der Waals surface area contributed by atoms with Gasteiger partial charge in [-0.05, 0) is 42.9 Å². The maximum Gasteiger partial charge on any atom is 0.166 e. The standard InChI is InChI=1S/C16H17NOS/c18-16(14-7-9-17-10-8-14)13-5-3-12(4-6-13)15-2-1-11-19-15/h1-6,11,14,17H,7-10H2. The molecule has 1 fully saturated rings. The first-order valence-corrected chi connectivity index (χ1v) is 7.61. The minimum Gasteiger partial charge on any atom is -0.317 e. The van der Waals surface area contributed by atoms with Crippen molar-refractivity contribution in [3.05, 3.63) is 47.3 Å². The lowest BCUT2D eigenvalue weighted by atomic mass is 9.89. The maximum absolute atomic E-state index is 12.4. The van der Waals surface area contributed by atoms with Crippen LogP contribution < -0.4 is 5.32 Å². The summed E-state index contributed by atoms with van der Waals surface area (Å²) < 4.78 is 0. The molecule has 1 aromatic heterocycles. The molecule has 1 aromatic carbocycles. The Morgan fingerprint density at radius 3 is 2.47 bits per heavy atom. The van der Waals surface area contributed by atoms with Crippen molar-refractivity contribution in [2.45, 2.75) is 12.8 Å². The molecule has 3 rings (SSSR count). The Morgan fingerprint density at radius 2 is 1.84 bits per heavy atom. The van der Waals surface area contributed by atoms with Gasteiger partial charge in [-0.25, -0.2) is 0 Å². The van der Waals surface area contributed by atoms with Crippen molar-refractivity contribution in [1.82, 2.24) is 5.32 Å². The highest BCUT2D eigenvalue weighted by Crippen LogP contribution is 2.26. The number of hydrogen-bond acceptors (Lipinski definition) is 3. The van der Waals surface area contributed by atoms with Crippen LogP contribution in [0.1, 0.15) is 23.2 Å². The molecule has 0 spiro atoms. The summed E-state index contributed by atoms with van der Waals surface area (Å²) in [4.78, 5) is 13.6. The van der Waals surface area contributed by atoms with Crippen LogP contribution in [0.4, 0.5) is 0 Å². The zero-order chi connectivity index (χ0) is 13.1. The quantitative estimate of drug-likeness (QED) is 0.864. The Hall–Kier alpha value is -1.45. The number of hydrogen-bond donors (Lipinski definition) is 1. The molecular formula is C16H17NOS. The summed E-state index contributed by atoms with van der Waals surface area (Å²) in [5.41, 5.74) is 2.05. The molecule has 0 radical (unpaired) electrons. The molecular weight excluding hydrogens is 254 g/mol. The van der Waals surface area contributed by atoms with Crippen molar-refractivity contribution in [2.75, 3.05) is 13.1 Å². The second-order valence-corrected chi connectivity index (χ2v) is 5.89. The van der Waals surface area contributed by atoms with Crippen LogP contribution in [-0.2, 0) is 0 Å². The number of carbonyl (C=O) groups is 1. The lowest BCUT2D eigenvalue weighted by molar-refractivity contribution is 0.0895. The molecule has 1 aliphatic rings. The molecule has 1 aliphatic heterocycles. The molecule has 0 saturated carbocycles. The van der Waals surface area contributed by atoms with E-state index in [1.54, 1.807) is 11.3 Å². The van der Waals surface area contributed by atoms with Crippen LogP contribution >= 0.6 is 11.3 Å². The van der Waals surface area contributed by atoms with Gasteiger partial charge in [0, 0.05) is 16.4 Å². The summed E-state index contributed by atoms with van der Waals surface area (Å²) in [7, 11) is 0. The summed E-state index contributed by atoms with van der Waals surface area (Å²) in [6, 6.07) is 12.2. The number of ketones is 1. The van der Waals surface area contributed by atoms with Crippen LogP contribution in [-0.4, -0.2) is 18.9 Å². The van der Waals surface area contributed by atoms with Gasteiger partial charge in [0.15, 0.2) is 5.78 Å². The third-order valence-corrected chi connectivity index (χ3v) is 4.60. The van der Waals surface area contributed by atoms with E-state index >= 15 is 0 Å². The second-order valence-electron chi connectivity index (χ2n) is 4.94. The van der Waals surface area contributed by atoms with Gasteiger partial charge in [-0.3, -0.25) is 4.79 Å². The smallest absolute Gasteiger partial charge is 0.166 e. The highest BCUT2D eigenvalue weighted by Gasteiger charge is 2.21. The van der Waals surface area contributed by atoms with E-state index in [1.165, 1.54) is 10.4 Å². The van der Waals surface area contributed by atoms with Crippen molar-refractivity contribution in [2.24, 2.45) is 5.92 Å². The zero-order valence-electron chi connectivity index (χ0n) is 10.8. The lowest BCUT2D eigenvalue weighted by Gasteiger charge is -2.21. The Kier molecular flexibility index (Phi) is 3.76. The molecule has 0 unspecified atom stereocenters. The van der Waals surface area contributed by atoms with E-state index in [0.717, 1.165) is 31.5 Å². The Morgan fingerprint density at radius 1 is 1.11 bits per heavy atom. The van der Waals surface area contributed by atoms with Gasteiger partial charge in [0.2, 0.25) is 0 Å². The molecule has 0 atom stereocenters. The second kappa shape index (κ2) is 5.68. The van der Waals surface area contributed by atoms with Crippen molar-refractivity contribution in [1.29, 1.82) is 0 Å². The van der Waals surface area contributed by atoms with Gasteiger partial charge in [-0.15, -0.1) is 11.3 Å². The van der Waals surface area contributed by atoms with Gasteiger partial charge in [0.05, 0.1) is 0 Å². The monoisotopic (exact) mass is 271 g/mol. The van der Waals surface area contributed by atoms with Crippen LogP contribution in [0.2, 0.25) is 0 Å². The van der Waals surface area contributed by atoms with Gasteiger partial charge < -0.3 is 5.32 Å². The van der Waals surface area contributed by atoms with Crippen LogP contribution in [0.15, 0.2) is 41.8 Å². The van der Waals surface area contributed by atoms with E-state index in [2.05, 4.69) is 28.9 Å². The SMILES string of the molecule is O=C(c1ccc(-c2cccs2)cc1)C1CCNCC1. The summed E-state index contributed by atoms with van der Waals surface area (Å²) >= 11 is 1.73. The van der Waals surface area contributed by atoms with E-state index in [1.807, 2.05) is 18.2 Å². The number of Topliss-reactive ketones (excluding diaryl/α,β-unsaturated/α-hetero) is 1. The largest absolute Gasteiger partial charge is 0.317 e. The molecule has 2 aromatic rings. The van der Waals surface area contributed by atoms with Crippen LogP contribution in [0.5, 0.6) is 0 Å². The highest BCUT2D eigenvalue weighted by molar-refractivity contribution is 7.13. The van der Waals surface area contributed by atoms with Crippen molar-refractivity contribution in [3.8, 4) is 10.4 Å². The first-order chi connectivity index (χ1) is 9.34. The topological polar surface area (TPSA) is 29.1 Å². The fourth-order valence-corrected chi connectivity index (χ4v) is 3.29. The van der Waals surface area contributed by atoms with Gasteiger partial charge in [-0.2, -0.15) is 0 Å². The molecule has 3 heteroatoms. The number of benzene rings is 1. The molecule has 19 heavy (non-hydrogen) atoms. The van der Waals surface area contributed by atoms with E-state index in [4.69, 9.17) is 0 Å². The average Bonchev–Trinajstić information content (AvgIpc) is 3.02. The molecule has 1 saturated heterocycles. The zero-order valence-corrected chi connectivity index (χ0v) is 11.6. The van der Waals surface area contributed by atoms with Crippen LogP contribution in [0, 0.1) is 5.92 Å². The fourth-order valence-electron chi connectivity index (χ4n) is 2.56. The molecule has 1 N–H and O–H groups in total. The highest BCUT2D eigenvalue weighted by atomic mass is 32.1. The van der Waals surface area contributed by atoms with Gasteiger partial charge >= 0.3 is 0 Å². The number of thiophene rings is 1. The fraction of sp³-hybridized carbons (Fsp3) is 0.312. The molecule has 98 valence electrons. The molecule has 0 aliphatic carbocycles. The molecule has 0 amide bonds.